The number of halogens is 3. The van der Waals surface area contributed by atoms with E-state index in [-0.39, 0.29) is 16.0 Å². The van der Waals surface area contributed by atoms with Crippen LogP contribution in [0.5, 0.6) is 23.0 Å². The van der Waals surface area contributed by atoms with Gasteiger partial charge in [-0.2, -0.15) is 0 Å². The van der Waals surface area contributed by atoms with Crippen molar-refractivity contribution in [2.24, 2.45) is 0 Å². The van der Waals surface area contributed by atoms with E-state index in [9.17, 15) is 8.78 Å². The predicted molar refractivity (Wildman–Crippen MR) is 137 cm³/mol. The van der Waals surface area contributed by atoms with Gasteiger partial charge in [0.05, 0.1) is 18.7 Å². The number of ether oxygens (including phenoxy) is 4. The molecule has 9 heteroatoms. The predicted octanol–water partition coefficient (Wildman–Crippen LogP) is 5.97. The van der Waals surface area contributed by atoms with Crippen molar-refractivity contribution in [2.45, 2.75) is 40.9 Å². The number of fused-ring (bicyclic) bond motifs is 1. The molecule has 35 heavy (non-hydrogen) atoms. The smallest absolute Gasteiger partial charge is 0.496 e. The molecule has 1 heterocycles. The van der Waals surface area contributed by atoms with Crippen LogP contribution >= 0.6 is 23.1 Å². The molecule has 0 aliphatic carbocycles. The Labute approximate surface area is 211 Å². The fraction of sp³-hybridized carbons (Fsp3) is 0.308. The molecular weight excluding hydrogens is 541 g/mol. The van der Waals surface area contributed by atoms with Crippen LogP contribution in [0.3, 0.4) is 0 Å². The molecule has 186 valence electrons. The van der Waals surface area contributed by atoms with Crippen molar-refractivity contribution in [1.29, 1.82) is 0 Å². The Morgan fingerprint density at radius 3 is 1.54 bits per heavy atom. The minimum Gasteiger partial charge on any atom is -0.496 e. The molecule has 0 amide bonds. The van der Waals surface area contributed by atoms with Crippen molar-refractivity contribution in [1.82, 2.24) is 0 Å². The molecule has 1 aliphatic rings. The van der Waals surface area contributed by atoms with Crippen molar-refractivity contribution in [3.63, 3.8) is 0 Å². The molecule has 1 aliphatic heterocycles. The number of aryl methyl sites for hydroxylation is 5. The Bertz CT molecular complexity index is 1290. The Morgan fingerprint density at radius 1 is 0.743 bits per heavy atom. The number of hydrogen-bond donors (Lipinski definition) is 0. The van der Waals surface area contributed by atoms with Gasteiger partial charge in [-0.05, 0) is 109 Å². The second-order valence-electron chi connectivity index (χ2n) is 8.69. The zero-order valence-electron chi connectivity index (χ0n) is 20.5. The highest BCUT2D eigenvalue weighted by atomic mass is 79.9. The number of benzene rings is 3. The van der Waals surface area contributed by atoms with Gasteiger partial charge in [-0.1, -0.05) is 0 Å². The van der Waals surface area contributed by atoms with Gasteiger partial charge < -0.3 is 23.5 Å². The van der Waals surface area contributed by atoms with Gasteiger partial charge >= 0.3 is 6.29 Å². The Hall–Kier alpha value is -2.57. The van der Waals surface area contributed by atoms with E-state index in [1.807, 2.05) is 52.0 Å². The second kappa shape index (κ2) is 8.82. The summed E-state index contributed by atoms with van der Waals surface area (Å²) in [6.07, 6.45) is -3.81. The average Bonchev–Trinajstić information content (AvgIpc) is 3.11. The Balaban J connectivity index is 2.10. The molecular formula is C26H26BrF2O5P. The van der Waals surface area contributed by atoms with Gasteiger partial charge in [-0.25, -0.2) is 0 Å². The quantitative estimate of drug-likeness (QED) is 0.356. The topological polar surface area (TPSA) is 54.0 Å². The summed E-state index contributed by atoms with van der Waals surface area (Å²) in [6.45, 7) is 9.14. The Kier molecular flexibility index (Phi) is 6.43. The van der Waals surface area contributed by atoms with E-state index < -0.39 is 13.4 Å². The molecule has 0 N–H and O–H groups in total. The third-order valence-electron chi connectivity index (χ3n) is 6.15. The lowest BCUT2D eigenvalue weighted by Crippen LogP contribution is -2.28. The summed E-state index contributed by atoms with van der Waals surface area (Å²) in [7, 11) is -0.450. The molecule has 3 aromatic carbocycles. The van der Waals surface area contributed by atoms with E-state index in [0.29, 0.717) is 33.0 Å². The van der Waals surface area contributed by atoms with E-state index in [1.54, 1.807) is 27.2 Å². The summed E-state index contributed by atoms with van der Waals surface area (Å²) < 4.78 is 64.1. The molecule has 0 atom stereocenters. The summed E-state index contributed by atoms with van der Waals surface area (Å²) in [5, 5.41) is 1.42. The summed E-state index contributed by atoms with van der Waals surface area (Å²) >= 11 is 3.42. The highest BCUT2D eigenvalue weighted by Crippen LogP contribution is 2.53. The number of rotatable bonds is 5. The van der Waals surface area contributed by atoms with Crippen molar-refractivity contribution in [2.75, 3.05) is 14.2 Å². The summed E-state index contributed by atoms with van der Waals surface area (Å²) in [5.41, 5.74) is 3.63. The number of methoxy groups -OCH3 is 2. The fourth-order valence-electron chi connectivity index (χ4n) is 4.72. The normalized spacial score (nSPS) is 14.2. The molecule has 0 unspecified atom stereocenters. The maximum absolute atomic E-state index is 15.4. The van der Waals surface area contributed by atoms with Gasteiger partial charge in [0.25, 0.3) is 0 Å². The zero-order valence-corrected chi connectivity index (χ0v) is 23.0. The van der Waals surface area contributed by atoms with Crippen LogP contribution in [-0.2, 0) is 4.57 Å². The van der Waals surface area contributed by atoms with Crippen LogP contribution in [0.25, 0.3) is 0 Å². The lowest BCUT2D eigenvalue weighted by atomic mass is 10.1. The van der Waals surface area contributed by atoms with E-state index in [1.165, 1.54) is 0 Å². The van der Waals surface area contributed by atoms with Crippen molar-refractivity contribution >= 4 is 39.0 Å². The first-order valence-corrected chi connectivity index (χ1v) is 13.3. The summed E-state index contributed by atoms with van der Waals surface area (Å²) in [5.74, 6) is 1.14. The van der Waals surface area contributed by atoms with Gasteiger partial charge in [-0.15, -0.1) is 8.78 Å². The average molecular weight is 567 g/mol. The molecule has 5 nitrogen and oxygen atoms in total. The molecule has 0 bridgehead atoms. The van der Waals surface area contributed by atoms with E-state index in [2.05, 4.69) is 15.9 Å². The minimum absolute atomic E-state index is 0.0821. The van der Waals surface area contributed by atoms with E-state index in [0.717, 1.165) is 22.3 Å². The molecule has 4 rings (SSSR count). The minimum atomic E-state index is -3.81. The number of hydrogen-bond acceptors (Lipinski definition) is 5. The standard InChI is InChI=1S/C26H26BrF2O5P/c1-13-8-18(9-14(2)22(13)31-6)35(30,19-10-15(3)23(32-7)16(4)11-19)20-12-17(5)24-25(21(20)27)34-26(28,29)33-24/h8-12H,1-7H3. The lowest BCUT2D eigenvalue weighted by Gasteiger charge is -2.25. The molecule has 0 radical (unpaired) electrons. The van der Waals surface area contributed by atoms with Gasteiger partial charge in [0.15, 0.2) is 18.6 Å². The van der Waals surface area contributed by atoms with Crippen LogP contribution in [0.15, 0.2) is 34.8 Å². The summed E-state index contributed by atoms with van der Waals surface area (Å²) in [4.78, 5) is 0. The van der Waals surface area contributed by atoms with Crippen LogP contribution in [-0.4, -0.2) is 20.5 Å². The first-order chi connectivity index (χ1) is 16.3. The molecule has 0 saturated heterocycles. The molecule has 3 aromatic rings. The number of alkyl halides is 2. The maximum Gasteiger partial charge on any atom is 0.586 e. The zero-order chi connectivity index (χ0) is 25.9. The van der Waals surface area contributed by atoms with Gasteiger partial charge in [0, 0.05) is 15.9 Å². The van der Waals surface area contributed by atoms with E-state index in [4.69, 9.17) is 18.9 Å². The van der Waals surface area contributed by atoms with Gasteiger partial charge in [0.2, 0.25) is 0 Å². The van der Waals surface area contributed by atoms with Crippen LogP contribution in [0, 0.1) is 34.6 Å². The maximum atomic E-state index is 15.4. The van der Waals surface area contributed by atoms with Crippen molar-refractivity contribution in [3.8, 4) is 23.0 Å². The van der Waals surface area contributed by atoms with Gasteiger partial charge in [0.1, 0.15) is 11.5 Å². The first-order valence-electron chi connectivity index (χ1n) is 10.8. The molecule has 0 spiro atoms. The SMILES string of the molecule is COc1c(C)cc(P(=O)(c2cc(C)c(OC)c(C)c2)c2cc(C)c3c(c2Br)OC(F)(F)O3)cc1C. The van der Waals surface area contributed by atoms with E-state index >= 15 is 4.57 Å². The highest BCUT2D eigenvalue weighted by Gasteiger charge is 2.47. The third-order valence-corrected chi connectivity index (χ3v) is 10.2. The monoisotopic (exact) mass is 566 g/mol. The van der Waals surface area contributed by atoms with Gasteiger partial charge in [-0.3, -0.25) is 0 Å². The summed E-state index contributed by atoms with van der Waals surface area (Å²) in [6, 6.07) is 8.91. The molecule has 0 saturated carbocycles. The van der Waals surface area contributed by atoms with Crippen LogP contribution in [0.1, 0.15) is 27.8 Å². The third kappa shape index (κ3) is 4.11. The molecule has 0 aromatic heterocycles. The second-order valence-corrected chi connectivity index (χ2v) is 12.2. The van der Waals surface area contributed by atoms with Crippen molar-refractivity contribution < 1.29 is 32.3 Å². The first kappa shape index (κ1) is 25.5. The van der Waals surface area contributed by atoms with Crippen LogP contribution in [0.2, 0.25) is 0 Å². The Morgan fingerprint density at radius 2 is 1.14 bits per heavy atom. The lowest BCUT2D eigenvalue weighted by molar-refractivity contribution is -0.287. The van der Waals surface area contributed by atoms with Crippen LogP contribution in [0.4, 0.5) is 8.78 Å². The molecule has 0 fully saturated rings. The highest BCUT2D eigenvalue weighted by molar-refractivity contribution is 9.10. The largest absolute Gasteiger partial charge is 0.586 e. The van der Waals surface area contributed by atoms with Crippen LogP contribution < -0.4 is 34.9 Å². The fourth-order valence-corrected chi connectivity index (χ4v) is 8.96. The van der Waals surface area contributed by atoms with Crippen molar-refractivity contribution in [3.05, 3.63) is 62.6 Å².